The van der Waals surface area contributed by atoms with E-state index in [1.165, 1.54) is 0 Å². The van der Waals surface area contributed by atoms with E-state index >= 15 is 0 Å². The van der Waals surface area contributed by atoms with E-state index in [4.69, 9.17) is 9.47 Å². The van der Waals surface area contributed by atoms with Crippen molar-refractivity contribution >= 4 is 11.6 Å². The summed E-state index contributed by atoms with van der Waals surface area (Å²) in [5.74, 6) is 0.345. The van der Waals surface area contributed by atoms with Gasteiger partial charge in [-0.05, 0) is 25.5 Å². The number of hydrogen-bond acceptors (Lipinski definition) is 5. The van der Waals surface area contributed by atoms with Crippen molar-refractivity contribution in [2.75, 3.05) is 25.2 Å². The first-order valence-electron chi connectivity index (χ1n) is 9.39. The van der Waals surface area contributed by atoms with Gasteiger partial charge in [0.05, 0.1) is 13.7 Å². The Labute approximate surface area is 163 Å². The number of nitrogens with zero attached hydrogens (tertiary/aromatic N) is 3. The average Bonchev–Trinajstić information content (AvgIpc) is 2.68. The number of benzene rings is 1. The molecular weight excluding hydrogens is 371 g/mol. The highest BCUT2D eigenvalue weighted by Gasteiger charge is 2.36. The van der Waals surface area contributed by atoms with Gasteiger partial charge in [0.2, 0.25) is 11.8 Å². The monoisotopic (exact) mass is 397 g/mol. The van der Waals surface area contributed by atoms with Crippen molar-refractivity contribution in [1.29, 1.82) is 0 Å². The molecule has 0 unspecified atom stereocenters. The minimum absolute atomic E-state index is 0.146. The molecule has 0 amide bonds. The lowest BCUT2D eigenvalue weighted by Crippen LogP contribution is -2.21. The van der Waals surface area contributed by atoms with Crippen LogP contribution in [0.25, 0.3) is 0 Å². The quantitative estimate of drug-likeness (QED) is 0.487. The lowest BCUT2D eigenvalue weighted by Gasteiger charge is -2.23. The molecular formula is C20H26F3N3O2. The fourth-order valence-corrected chi connectivity index (χ4v) is 2.71. The summed E-state index contributed by atoms with van der Waals surface area (Å²) in [4.78, 5) is 9.73. The van der Waals surface area contributed by atoms with Crippen molar-refractivity contribution in [3.63, 3.8) is 0 Å². The molecule has 8 heteroatoms. The molecule has 0 N–H and O–H groups in total. The molecule has 2 aromatic rings. The average molecular weight is 397 g/mol. The minimum Gasteiger partial charge on any atom is -0.497 e. The van der Waals surface area contributed by atoms with E-state index in [9.17, 15) is 13.2 Å². The van der Waals surface area contributed by atoms with Gasteiger partial charge in [0.15, 0.2) is 0 Å². The summed E-state index contributed by atoms with van der Waals surface area (Å²) in [6.45, 7) is 4.59. The Kier molecular flexibility index (Phi) is 7.90. The summed E-state index contributed by atoms with van der Waals surface area (Å²) in [7, 11) is 1.55. The van der Waals surface area contributed by atoms with Crippen LogP contribution in [-0.4, -0.2) is 30.2 Å². The van der Waals surface area contributed by atoms with Crippen LogP contribution in [0.2, 0.25) is 0 Å². The van der Waals surface area contributed by atoms with E-state index in [0.717, 1.165) is 31.1 Å². The zero-order valence-corrected chi connectivity index (χ0v) is 16.4. The molecule has 0 aliphatic heterocycles. The first-order valence-corrected chi connectivity index (χ1v) is 9.39. The van der Waals surface area contributed by atoms with Crippen molar-refractivity contribution in [3.8, 4) is 11.6 Å². The predicted octanol–water partition coefficient (Wildman–Crippen LogP) is 5.62. The molecule has 0 radical (unpaired) electrons. The Hall–Kier alpha value is -2.51. The molecule has 0 saturated carbocycles. The number of methoxy groups -OCH3 is 1. The second-order valence-corrected chi connectivity index (χ2v) is 6.24. The molecule has 154 valence electrons. The zero-order chi connectivity index (χ0) is 20.6. The van der Waals surface area contributed by atoms with Gasteiger partial charge in [0.25, 0.3) is 0 Å². The number of aromatic nitrogens is 2. The standard InChI is InChI=1S/C20H26F3N3O2/c1-4-6-7-8-12-28-18-17(20(21,22)23)14-24-19(25-18)26(5-2)15-10-9-11-16(13-15)27-3/h9-11,13-14H,4-8,12H2,1-3H3. The molecule has 28 heavy (non-hydrogen) atoms. The fraction of sp³-hybridized carbons (Fsp3) is 0.500. The molecule has 0 spiro atoms. The van der Waals surface area contributed by atoms with E-state index in [1.807, 2.05) is 13.0 Å². The van der Waals surface area contributed by atoms with Gasteiger partial charge < -0.3 is 14.4 Å². The maximum atomic E-state index is 13.3. The van der Waals surface area contributed by atoms with Crippen LogP contribution in [0.3, 0.4) is 0 Å². The normalized spacial score (nSPS) is 11.4. The van der Waals surface area contributed by atoms with E-state index < -0.39 is 17.6 Å². The van der Waals surface area contributed by atoms with Gasteiger partial charge in [0, 0.05) is 24.5 Å². The third-order valence-electron chi connectivity index (χ3n) is 4.21. The highest BCUT2D eigenvalue weighted by Crippen LogP contribution is 2.36. The molecule has 0 aliphatic carbocycles. The molecule has 0 atom stereocenters. The highest BCUT2D eigenvalue weighted by atomic mass is 19.4. The number of halogens is 3. The fourth-order valence-electron chi connectivity index (χ4n) is 2.71. The molecule has 5 nitrogen and oxygen atoms in total. The lowest BCUT2D eigenvalue weighted by atomic mass is 10.2. The Morgan fingerprint density at radius 3 is 2.54 bits per heavy atom. The van der Waals surface area contributed by atoms with Crippen molar-refractivity contribution < 1.29 is 22.6 Å². The topological polar surface area (TPSA) is 47.5 Å². The summed E-state index contributed by atoms with van der Waals surface area (Å²) in [5.41, 5.74) is -0.246. The molecule has 0 saturated heterocycles. The maximum absolute atomic E-state index is 13.3. The van der Waals surface area contributed by atoms with Crippen LogP contribution in [-0.2, 0) is 6.18 Å². The Morgan fingerprint density at radius 1 is 1.11 bits per heavy atom. The maximum Gasteiger partial charge on any atom is 0.423 e. The van der Waals surface area contributed by atoms with Gasteiger partial charge in [-0.3, -0.25) is 0 Å². The van der Waals surface area contributed by atoms with E-state index in [1.54, 1.807) is 30.2 Å². The summed E-state index contributed by atoms with van der Waals surface area (Å²) >= 11 is 0. The van der Waals surface area contributed by atoms with Crippen LogP contribution in [0.4, 0.5) is 24.8 Å². The van der Waals surface area contributed by atoms with Crippen molar-refractivity contribution in [2.24, 2.45) is 0 Å². The van der Waals surface area contributed by atoms with Crippen molar-refractivity contribution in [2.45, 2.75) is 45.7 Å². The molecule has 0 fully saturated rings. The van der Waals surface area contributed by atoms with E-state index in [0.29, 0.717) is 18.7 Å². The van der Waals surface area contributed by atoms with Crippen LogP contribution in [0.15, 0.2) is 30.5 Å². The van der Waals surface area contributed by atoms with Gasteiger partial charge in [-0.1, -0.05) is 32.3 Å². The van der Waals surface area contributed by atoms with Gasteiger partial charge in [-0.15, -0.1) is 0 Å². The van der Waals surface area contributed by atoms with E-state index in [-0.39, 0.29) is 12.6 Å². The summed E-state index contributed by atoms with van der Waals surface area (Å²) in [6.07, 6.45) is -0.156. The Bertz CT molecular complexity index is 754. The number of hydrogen-bond donors (Lipinski definition) is 0. The molecule has 1 aromatic heterocycles. The second kappa shape index (κ2) is 10.1. The Balaban J connectivity index is 2.31. The largest absolute Gasteiger partial charge is 0.497 e. The van der Waals surface area contributed by atoms with Crippen molar-refractivity contribution in [3.05, 3.63) is 36.0 Å². The number of ether oxygens (including phenoxy) is 2. The molecule has 0 aliphatic rings. The first-order chi connectivity index (χ1) is 13.4. The summed E-state index contributed by atoms with van der Waals surface area (Å²) in [5, 5.41) is 0. The third-order valence-corrected chi connectivity index (χ3v) is 4.21. The molecule has 2 rings (SSSR count). The summed E-state index contributed by atoms with van der Waals surface area (Å²) in [6, 6.07) is 7.18. The minimum atomic E-state index is -4.58. The third kappa shape index (κ3) is 5.74. The molecule has 1 aromatic carbocycles. The number of anilines is 2. The van der Waals surface area contributed by atoms with Crippen LogP contribution in [0, 0.1) is 0 Å². The predicted molar refractivity (Wildman–Crippen MR) is 102 cm³/mol. The second-order valence-electron chi connectivity index (χ2n) is 6.24. The van der Waals surface area contributed by atoms with Crippen LogP contribution in [0.5, 0.6) is 11.6 Å². The number of unbranched alkanes of at least 4 members (excludes halogenated alkanes) is 3. The lowest BCUT2D eigenvalue weighted by molar-refractivity contribution is -0.139. The van der Waals surface area contributed by atoms with Gasteiger partial charge in [-0.25, -0.2) is 4.98 Å². The Morgan fingerprint density at radius 2 is 1.89 bits per heavy atom. The van der Waals surface area contributed by atoms with Crippen LogP contribution >= 0.6 is 0 Å². The SMILES string of the molecule is CCCCCCOc1nc(N(CC)c2cccc(OC)c2)ncc1C(F)(F)F. The first kappa shape index (κ1) is 21.8. The van der Waals surface area contributed by atoms with Crippen LogP contribution < -0.4 is 14.4 Å². The summed E-state index contributed by atoms with van der Waals surface area (Å²) < 4.78 is 50.6. The number of alkyl halides is 3. The smallest absolute Gasteiger partial charge is 0.423 e. The highest BCUT2D eigenvalue weighted by molar-refractivity contribution is 5.59. The van der Waals surface area contributed by atoms with Gasteiger partial charge in [-0.2, -0.15) is 18.2 Å². The molecule has 0 bridgehead atoms. The zero-order valence-electron chi connectivity index (χ0n) is 16.4. The van der Waals surface area contributed by atoms with E-state index in [2.05, 4.69) is 16.9 Å². The number of rotatable bonds is 10. The van der Waals surface area contributed by atoms with Crippen LogP contribution in [0.1, 0.15) is 45.1 Å². The van der Waals surface area contributed by atoms with Gasteiger partial charge in [0.1, 0.15) is 11.3 Å². The van der Waals surface area contributed by atoms with Crippen molar-refractivity contribution in [1.82, 2.24) is 9.97 Å². The molecule has 1 heterocycles. The van der Waals surface area contributed by atoms with Gasteiger partial charge >= 0.3 is 6.18 Å².